The average Bonchev–Trinajstić information content (AvgIpc) is 2.27. The van der Waals surface area contributed by atoms with Crippen LogP contribution in [-0.4, -0.2) is 13.2 Å². The summed E-state index contributed by atoms with van der Waals surface area (Å²) in [6.45, 7) is 5.68. The molecule has 0 spiro atoms. The zero-order valence-corrected chi connectivity index (χ0v) is 9.00. The van der Waals surface area contributed by atoms with Crippen molar-refractivity contribution < 1.29 is 4.74 Å². The molecule has 78 valence electrons. The molecule has 0 aliphatic carbocycles. The number of nitrogens with zero attached hydrogens (tertiary/aromatic N) is 1. The van der Waals surface area contributed by atoms with Gasteiger partial charge in [0.1, 0.15) is 18.4 Å². The van der Waals surface area contributed by atoms with Gasteiger partial charge in [-0.3, -0.25) is 0 Å². The molecule has 1 heterocycles. The van der Waals surface area contributed by atoms with E-state index in [1.807, 2.05) is 12.1 Å². The van der Waals surface area contributed by atoms with Gasteiger partial charge < -0.3 is 10.1 Å². The molecule has 0 bridgehead atoms. The first-order valence-electron chi connectivity index (χ1n) is 5.17. The molecule has 0 unspecified atom stereocenters. The van der Waals surface area contributed by atoms with Gasteiger partial charge in [0, 0.05) is 6.54 Å². The fraction of sp³-hybridized carbons (Fsp3) is 0.417. The third-order valence-corrected chi connectivity index (χ3v) is 2.58. The smallest absolute Gasteiger partial charge is 0.147 e. The van der Waals surface area contributed by atoms with Crippen molar-refractivity contribution in [2.75, 3.05) is 18.5 Å². The predicted molar refractivity (Wildman–Crippen MR) is 59.2 cm³/mol. The molecule has 0 atom stereocenters. The van der Waals surface area contributed by atoms with Gasteiger partial charge in [-0.05, 0) is 17.5 Å². The van der Waals surface area contributed by atoms with Crippen LogP contribution in [0.25, 0.3) is 0 Å². The minimum absolute atomic E-state index is 0.409. The van der Waals surface area contributed by atoms with E-state index in [9.17, 15) is 0 Å². The van der Waals surface area contributed by atoms with E-state index in [1.165, 1.54) is 0 Å². The maximum atomic E-state index is 8.98. The molecule has 0 saturated heterocycles. The summed E-state index contributed by atoms with van der Waals surface area (Å²) >= 11 is 0. The van der Waals surface area contributed by atoms with Gasteiger partial charge >= 0.3 is 0 Å². The van der Waals surface area contributed by atoms with Crippen molar-refractivity contribution in [3.8, 4) is 11.8 Å². The van der Waals surface area contributed by atoms with Gasteiger partial charge in [0.05, 0.1) is 11.3 Å². The summed E-state index contributed by atoms with van der Waals surface area (Å²) in [6.07, 6.45) is 0. The Balaban J connectivity index is 2.58. The summed E-state index contributed by atoms with van der Waals surface area (Å²) in [5.41, 5.74) is 2.68. The Bertz CT molecular complexity index is 418. The van der Waals surface area contributed by atoms with Crippen LogP contribution in [0, 0.1) is 11.3 Å². The molecule has 1 aliphatic heterocycles. The molecular formula is C12H14N2O. The Morgan fingerprint density at radius 3 is 2.93 bits per heavy atom. The topological polar surface area (TPSA) is 45.0 Å². The van der Waals surface area contributed by atoms with Crippen molar-refractivity contribution in [3.63, 3.8) is 0 Å². The molecule has 0 aromatic heterocycles. The van der Waals surface area contributed by atoms with E-state index >= 15 is 0 Å². The fourth-order valence-electron chi connectivity index (χ4n) is 1.81. The van der Waals surface area contributed by atoms with E-state index in [0.717, 1.165) is 23.5 Å². The maximum absolute atomic E-state index is 8.98. The highest BCUT2D eigenvalue weighted by Gasteiger charge is 2.19. The first-order valence-corrected chi connectivity index (χ1v) is 5.17. The Morgan fingerprint density at radius 1 is 1.47 bits per heavy atom. The van der Waals surface area contributed by atoms with E-state index in [-0.39, 0.29) is 0 Å². The van der Waals surface area contributed by atoms with Crippen LogP contribution in [0.4, 0.5) is 5.69 Å². The molecule has 1 N–H and O–H groups in total. The molecule has 3 nitrogen and oxygen atoms in total. The van der Waals surface area contributed by atoms with Crippen molar-refractivity contribution in [3.05, 3.63) is 23.3 Å². The zero-order valence-electron chi connectivity index (χ0n) is 9.00. The SMILES string of the molecule is CC(C)c1ccc(C#N)c2c1OCCN2. The summed E-state index contributed by atoms with van der Waals surface area (Å²) in [6, 6.07) is 6.02. The van der Waals surface area contributed by atoms with Crippen LogP contribution < -0.4 is 10.1 Å². The number of hydrogen-bond donors (Lipinski definition) is 1. The second-order valence-corrected chi connectivity index (χ2v) is 3.95. The maximum Gasteiger partial charge on any atom is 0.147 e. The van der Waals surface area contributed by atoms with Gasteiger partial charge in [-0.25, -0.2) is 0 Å². The van der Waals surface area contributed by atoms with Crippen LogP contribution in [0.2, 0.25) is 0 Å². The Morgan fingerprint density at radius 2 is 2.27 bits per heavy atom. The first kappa shape index (κ1) is 9.85. The van der Waals surface area contributed by atoms with Crippen LogP contribution >= 0.6 is 0 Å². The van der Waals surface area contributed by atoms with Crippen LogP contribution in [0.5, 0.6) is 5.75 Å². The summed E-state index contributed by atoms with van der Waals surface area (Å²) in [5, 5.41) is 12.2. The number of ether oxygens (including phenoxy) is 1. The molecule has 1 aliphatic rings. The highest BCUT2D eigenvalue weighted by atomic mass is 16.5. The lowest BCUT2D eigenvalue weighted by Crippen LogP contribution is -2.20. The second-order valence-electron chi connectivity index (χ2n) is 3.95. The van der Waals surface area contributed by atoms with Crippen molar-refractivity contribution in [1.82, 2.24) is 0 Å². The molecule has 15 heavy (non-hydrogen) atoms. The zero-order chi connectivity index (χ0) is 10.8. The van der Waals surface area contributed by atoms with E-state index in [1.54, 1.807) is 0 Å². The largest absolute Gasteiger partial charge is 0.489 e. The molecule has 1 aromatic carbocycles. The normalized spacial score (nSPS) is 13.7. The molecule has 0 radical (unpaired) electrons. The molecule has 0 amide bonds. The molecule has 3 heteroatoms. The Labute approximate surface area is 89.7 Å². The lowest BCUT2D eigenvalue weighted by atomic mass is 9.98. The van der Waals surface area contributed by atoms with Gasteiger partial charge in [-0.2, -0.15) is 5.26 Å². The van der Waals surface area contributed by atoms with Crippen LogP contribution in [0.1, 0.15) is 30.9 Å². The van der Waals surface area contributed by atoms with Gasteiger partial charge in [0.15, 0.2) is 0 Å². The number of nitrogens with one attached hydrogen (secondary N) is 1. The minimum Gasteiger partial charge on any atom is -0.489 e. The third-order valence-electron chi connectivity index (χ3n) is 2.58. The van der Waals surface area contributed by atoms with Crippen LogP contribution in [0.3, 0.4) is 0 Å². The highest BCUT2D eigenvalue weighted by molar-refractivity contribution is 5.70. The molecular weight excluding hydrogens is 188 g/mol. The van der Waals surface area contributed by atoms with E-state index in [2.05, 4.69) is 25.2 Å². The van der Waals surface area contributed by atoms with Gasteiger partial charge in [-0.15, -0.1) is 0 Å². The van der Waals surface area contributed by atoms with Gasteiger partial charge in [0.25, 0.3) is 0 Å². The highest BCUT2D eigenvalue weighted by Crippen LogP contribution is 2.37. The Kier molecular flexibility index (Phi) is 2.51. The summed E-state index contributed by atoms with van der Waals surface area (Å²) in [7, 11) is 0. The van der Waals surface area contributed by atoms with Crippen LogP contribution in [-0.2, 0) is 0 Å². The van der Waals surface area contributed by atoms with Crippen LogP contribution in [0.15, 0.2) is 12.1 Å². The monoisotopic (exact) mass is 202 g/mol. The standard InChI is InChI=1S/C12H14N2O/c1-8(2)10-4-3-9(7-13)11-12(10)15-6-5-14-11/h3-4,8,14H,5-6H2,1-2H3. The lowest BCUT2D eigenvalue weighted by molar-refractivity contribution is 0.318. The number of anilines is 1. The molecule has 1 aromatic rings. The quantitative estimate of drug-likeness (QED) is 0.761. The first-order chi connectivity index (χ1) is 7.24. The summed E-state index contributed by atoms with van der Waals surface area (Å²) < 4.78 is 5.64. The third kappa shape index (κ3) is 1.63. The fourth-order valence-corrected chi connectivity index (χ4v) is 1.81. The van der Waals surface area contributed by atoms with E-state index < -0.39 is 0 Å². The van der Waals surface area contributed by atoms with E-state index in [0.29, 0.717) is 18.1 Å². The number of hydrogen-bond acceptors (Lipinski definition) is 3. The summed E-state index contributed by atoms with van der Waals surface area (Å²) in [5.74, 6) is 1.27. The number of fused-ring (bicyclic) bond motifs is 1. The minimum atomic E-state index is 0.409. The average molecular weight is 202 g/mol. The number of nitriles is 1. The van der Waals surface area contributed by atoms with Crippen molar-refractivity contribution in [2.24, 2.45) is 0 Å². The van der Waals surface area contributed by atoms with Crippen molar-refractivity contribution in [1.29, 1.82) is 5.26 Å². The van der Waals surface area contributed by atoms with Crippen molar-refractivity contribution >= 4 is 5.69 Å². The van der Waals surface area contributed by atoms with Crippen molar-refractivity contribution in [2.45, 2.75) is 19.8 Å². The van der Waals surface area contributed by atoms with E-state index in [4.69, 9.17) is 10.00 Å². The number of rotatable bonds is 1. The number of benzene rings is 1. The molecule has 2 rings (SSSR count). The summed E-state index contributed by atoms with van der Waals surface area (Å²) in [4.78, 5) is 0. The predicted octanol–water partition coefficient (Wildman–Crippen LogP) is 2.49. The molecule has 0 saturated carbocycles. The van der Waals surface area contributed by atoms with Gasteiger partial charge in [-0.1, -0.05) is 19.9 Å². The lowest BCUT2D eigenvalue weighted by Gasteiger charge is -2.24. The van der Waals surface area contributed by atoms with Gasteiger partial charge in [0.2, 0.25) is 0 Å². The Hall–Kier alpha value is -1.69. The molecule has 0 fully saturated rings. The second kappa shape index (κ2) is 3.82.